The summed E-state index contributed by atoms with van der Waals surface area (Å²) in [5.41, 5.74) is 1.05. The van der Waals surface area contributed by atoms with Gasteiger partial charge in [-0.05, 0) is 35.7 Å². The van der Waals surface area contributed by atoms with Crippen LogP contribution in [0, 0.1) is 0 Å². The normalized spacial score (nSPS) is 12.4. The van der Waals surface area contributed by atoms with Gasteiger partial charge in [0.1, 0.15) is 5.75 Å². The standard InChI is InChI=1S/C13H14ClNOS/c1-15(10-4-6-11(16)7-5-10)9-12(14)13-3-2-8-17-13/h2-8,12,16H,9H2,1H3. The number of likely N-dealkylation sites (N-methyl/N-ethyl adjacent to an activating group) is 1. The van der Waals surface area contributed by atoms with Crippen LogP contribution >= 0.6 is 22.9 Å². The van der Waals surface area contributed by atoms with E-state index >= 15 is 0 Å². The highest BCUT2D eigenvalue weighted by atomic mass is 35.5. The third-order valence-corrected chi connectivity index (χ3v) is 4.07. The lowest BCUT2D eigenvalue weighted by atomic mass is 10.2. The molecule has 0 fully saturated rings. The summed E-state index contributed by atoms with van der Waals surface area (Å²) in [7, 11) is 2.00. The minimum absolute atomic E-state index is 0.00574. The monoisotopic (exact) mass is 267 g/mol. The van der Waals surface area contributed by atoms with Crippen molar-refractivity contribution in [2.75, 3.05) is 18.5 Å². The number of halogens is 1. The van der Waals surface area contributed by atoms with Crippen LogP contribution in [0.25, 0.3) is 0 Å². The maximum absolute atomic E-state index is 9.23. The molecule has 0 bridgehead atoms. The van der Waals surface area contributed by atoms with Crippen LogP contribution in [0.1, 0.15) is 10.3 Å². The number of anilines is 1. The van der Waals surface area contributed by atoms with E-state index < -0.39 is 0 Å². The molecule has 0 aliphatic heterocycles. The SMILES string of the molecule is CN(CC(Cl)c1cccs1)c1ccc(O)cc1. The molecule has 1 N–H and O–H groups in total. The number of phenols is 1. The van der Waals surface area contributed by atoms with Gasteiger partial charge in [0.05, 0.1) is 5.38 Å². The smallest absolute Gasteiger partial charge is 0.115 e. The van der Waals surface area contributed by atoms with Crippen LogP contribution in [0.5, 0.6) is 5.75 Å². The molecule has 2 nitrogen and oxygen atoms in total. The molecule has 2 rings (SSSR count). The van der Waals surface area contributed by atoms with Gasteiger partial charge in [0.2, 0.25) is 0 Å². The third kappa shape index (κ3) is 3.14. The molecule has 1 heterocycles. The largest absolute Gasteiger partial charge is 0.508 e. The van der Waals surface area contributed by atoms with Crippen LogP contribution in [0.2, 0.25) is 0 Å². The van der Waals surface area contributed by atoms with Crippen molar-refractivity contribution in [3.63, 3.8) is 0 Å². The summed E-state index contributed by atoms with van der Waals surface area (Å²) < 4.78 is 0. The zero-order valence-electron chi connectivity index (χ0n) is 9.51. The van der Waals surface area contributed by atoms with Crippen LogP contribution in [-0.4, -0.2) is 18.7 Å². The zero-order valence-corrected chi connectivity index (χ0v) is 11.1. The Labute approximate surface area is 110 Å². The van der Waals surface area contributed by atoms with Crippen molar-refractivity contribution in [1.82, 2.24) is 0 Å². The number of hydrogen-bond acceptors (Lipinski definition) is 3. The molecular formula is C13H14ClNOS. The maximum Gasteiger partial charge on any atom is 0.115 e. The van der Waals surface area contributed by atoms with E-state index in [-0.39, 0.29) is 11.1 Å². The summed E-state index contributed by atoms with van der Waals surface area (Å²) in [4.78, 5) is 3.26. The second-order valence-electron chi connectivity index (χ2n) is 3.88. The summed E-state index contributed by atoms with van der Waals surface area (Å²) in [6.07, 6.45) is 0. The first-order chi connectivity index (χ1) is 8.16. The quantitative estimate of drug-likeness (QED) is 0.850. The van der Waals surface area contributed by atoms with Gasteiger partial charge in [-0.2, -0.15) is 0 Å². The van der Waals surface area contributed by atoms with Crippen LogP contribution in [-0.2, 0) is 0 Å². The number of benzene rings is 1. The van der Waals surface area contributed by atoms with Crippen molar-refractivity contribution >= 4 is 28.6 Å². The van der Waals surface area contributed by atoms with E-state index in [4.69, 9.17) is 11.6 Å². The molecule has 17 heavy (non-hydrogen) atoms. The number of hydrogen-bond donors (Lipinski definition) is 1. The molecule has 0 radical (unpaired) electrons. The molecule has 4 heteroatoms. The van der Waals surface area contributed by atoms with Gasteiger partial charge < -0.3 is 10.0 Å². The molecule has 0 aliphatic rings. The Morgan fingerprint density at radius 1 is 1.29 bits per heavy atom. The van der Waals surface area contributed by atoms with E-state index in [1.54, 1.807) is 23.5 Å². The van der Waals surface area contributed by atoms with Crippen molar-refractivity contribution in [2.45, 2.75) is 5.38 Å². The van der Waals surface area contributed by atoms with E-state index in [2.05, 4.69) is 4.90 Å². The second kappa shape index (κ2) is 5.43. The lowest BCUT2D eigenvalue weighted by Gasteiger charge is -2.21. The molecule has 1 atom stereocenters. The van der Waals surface area contributed by atoms with Crippen molar-refractivity contribution in [3.05, 3.63) is 46.7 Å². The highest BCUT2D eigenvalue weighted by Crippen LogP contribution is 2.27. The fourth-order valence-electron chi connectivity index (χ4n) is 1.61. The molecule has 1 unspecified atom stereocenters. The molecule has 1 aromatic carbocycles. The Hall–Kier alpha value is -1.19. The lowest BCUT2D eigenvalue weighted by Crippen LogP contribution is -2.21. The number of aromatic hydroxyl groups is 1. The molecule has 1 aromatic heterocycles. The Morgan fingerprint density at radius 3 is 2.59 bits per heavy atom. The highest BCUT2D eigenvalue weighted by molar-refractivity contribution is 7.10. The minimum atomic E-state index is -0.00574. The Bertz CT molecular complexity index is 455. The van der Waals surface area contributed by atoms with Crippen molar-refractivity contribution < 1.29 is 5.11 Å². The first-order valence-corrected chi connectivity index (χ1v) is 6.66. The first-order valence-electron chi connectivity index (χ1n) is 5.34. The van der Waals surface area contributed by atoms with Gasteiger partial charge >= 0.3 is 0 Å². The number of alkyl halides is 1. The van der Waals surface area contributed by atoms with Gasteiger partial charge in [-0.3, -0.25) is 0 Å². The van der Waals surface area contributed by atoms with Gasteiger partial charge in [0.25, 0.3) is 0 Å². The summed E-state index contributed by atoms with van der Waals surface area (Å²) in [5, 5.41) is 11.3. The van der Waals surface area contributed by atoms with E-state index in [0.717, 1.165) is 12.2 Å². The fourth-order valence-corrected chi connectivity index (χ4v) is 2.74. The lowest BCUT2D eigenvalue weighted by molar-refractivity contribution is 0.475. The van der Waals surface area contributed by atoms with Crippen LogP contribution < -0.4 is 4.90 Å². The van der Waals surface area contributed by atoms with Crippen LogP contribution in [0.15, 0.2) is 41.8 Å². The van der Waals surface area contributed by atoms with E-state index in [1.807, 2.05) is 36.7 Å². The maximum atomic E-state index is 9.23. The van der Waals surface area contributed by atoms with Gasteiger partial charge in [-0.15, -0.1) is 22.9 Å². The topological polar surface area (TPSA) is 23.5 Å². The van der Waals surface area contributed by atoms with Gasteiger partial charge in [0.15, 0.2) is 0 Å². The zero-order chi connectivity index (χ0) is 12.3. The molecule has 0 aliphatic carbocycles. The van der Waals surface area contributed by atoms with Gasteiger partial charge in [-0.25, -0.2) is 0 Å². The Kier molecular flexibility index (Phi) is 3.92. The molecule has 0 saturated heterocycles. The van der Waals surface area contributed by atoms with Crippen LogP contribution in [0.3, 0.4) is 0 Å². The number of thiophene rings is 1. The second-order valence-corrected chi connectivity index (χ2v) is 5.39. The van der Waals surface area contributed by atoms with Gasteiger partial charge in [-0.1, -0.05) is 6.07 Å². The molecule has 90 valence electrons. The molecular weight excluding hydrogens is 254 g/mol. The molecule has 0 spiro atoms. The van der Waals surface area contributed by atoms with Gasteiger partial charge in [0, 0.05) is 24.2 Å². The summed E-state index contributed by atoms with van der Waals surface area (Å²) in [6.45, 7) is 0.743. The number of nitrogens with zero attached hydrogens (tertiary/aromatic N) is 1. The highest BCUT2D eigenvalue weighted by Gasteiger charge is 2.12. The van der Waals surface area contributed by atoms with E-state index in [1.165, 1.54) is 4.88 Å². The molecule has 0 saturated carbocycles. The Morgan fingerprint density at radius 2 is 2.00 bits per heavy atom. The fraction of sp³-hybridized carbons (Fsp3) is 0.231. The van der Waals surface area contributed by atoms with Crippen molar-refractivity contribution in [1.29, 1.82) is 0 Å². The molecule has 2 aromatic rings. The van der Waals surface area contributed by atoms with Crippen molar-refractivity contribution in [2.24, 2.45) is 0 Å². The first kappa shape index (κ1) is 12.3. The average Bonchev–Trinajstić information content (AvgIpc) is 2.83. The Balaban J connectivity index is 2.01. The predicted octanol–water partition coefficient (Wildman–Crippen LogP) is 3.87. The molecule has 0 amide bonds. The summed E-state index contributed by atoms with van der Waals surface area (Å²) >= 11 is 8.02. The minimum Gasteiger partial charge on any atom is -0.508 e. The van der Waals surface area contributed by atoms with E-state index in [0.29, 0.717) is 0 Å². The summed E-state index contributed by atoms with van der Waals surface area (Å²) in [5.74, 6) is 0.280. The summed E-state index contributed by atoms with van der Waals surface area (Å²) in [6, 6.07) is 11.2. The number of rotatable bonds is 4. The predicted molar refractivity (Wildman–Crippen MR) is 74.3 cm³/mol. The third-order valence-electron chi connectivity index (χ3n) is 2.58. The van der Waals surface area contributed by atoms with E-state index in [9.17, 15) is 5.11 Å². The number of phenolic OH excluding ortho intramolecular Hbond substituents is 1. The average molecular weight is 268 g/mol. The van der Waals surface area contributed by atoms with Crippen LogP contribution in [0.4, 0.5) is 5.69 Å². The van der Waals surface area contributed by atoms with Crippen molar-refractivity contribution in [3.8, 4) is 5.75 Å².